The average Bonchev–Trinajstić information content (AvgIpc) is 3.31. The molecule has 0 spiro atoms. The number of nitrogens with two attached hydrogens (primary N) is 1. The summed E-state index contributed by atoms with van der Waals surface area (Å²) in [5.74, 6) is -1.19. The summed E-state index contributed by atoms with van der Waals surface area (Å²) in [5, 5.41) is 2.67. The van der Waals surface area contributed by atoms with Crippen LogP contribution in [0.3, 0.4) is 0 Å². The summed E-state index contributed by atoms with van der Waals surface area (Å²) in [6.07, 6.45) is 2.46. The summed E-state index contributed by atoms with van der Waals surface area (Å²) in [6, 6.07) is 6.60. The molecular weight excluding hydrogens is 436 g/mol. The zero-order chi connectivity index (χ0) is 24.3. The maximum atomic E-state index is 13.8. The first-order valence-electron chi connectivity index (χ1n) is 10.6. The van der Waals surface area contributed by atoms with Crippen LogP contribution in [0.1, 0.15) is 49.5 Å². The number of nitrogens with one attached hydrogen (secondary N) is 1. The third kappa shape index (κ3) is 7.87. The second-order valence-corrected chi connectivity index (χ2v) is 8.49. The van der Waals surface area contributed by atoms with Gasteiger partial charge in [0.05, 0.1) is 29.5 Å². The van der Waals surface area contributed by atoms with Crippen molar-refractivity contribution in [3.05, 3.63) is 53.1 Å². The van der Waals surface area contributed by atoms with Crippen molar-refractivity contribution in [2.75, 3.05) is 31.3 Å². The van der Waals surface area contributed by atoms with Crippen LogP contribution < -0.4 is 15.8 Å². The van der Waals surface area contributed by atoms with Gasteiger partial charge in [0.15, 0.2) is 0 Å². The van der Waals surface area contributed by atoms with Crippen LogP contribution >= 0.6 is 0 Å². The fraction of sp³-hybridized carbons (Fsp3) is 0.435. The maximum Gasteiger partial charge on any atom is 0.254 e. The van der Waals surface area contributed by atoms with Crippen LogP contribution in [0.25, 0.3) is 0 Å². The molecule has 1 heterocycles. The predicted octanol–water partition coefficient (Wildman–Crippen LogP) is 4.92. The van der Waals surface area contributed by atoms with Crippen molar-refractivity contribution in [1.82, 2.24) is 4.31 Å². The second-order valence-electron chi connectivity index (χ2n) is 6.75. The molecule has 0 saturated carbocycles. The number of halogens is 2. The summed E-state index contributed by atoms with van der Waals surface area (Å²) in [4.78, 5) is 11.5. The molecule has 0 radical (unpaired) electrons. The van der Waals surface area contributed by atoms with Crippen molar-refractivity contribution in [2.24, 2.45) is 5.73 Å². The SMILES string of the molecule is CC.CCS(=O)N1CCCC1.COc1cc(F)cc(Nc2ccc(C)cc2F)c1C(N)=O. The van der Waals surface area contributed by atoms with E-state index in [9.17, 15) is 17.8 Å². The first kappa shape index (κ1) is 27.5. The Balaban J connectivity index is 0.000000388. The van der Waals surface area contributed by atoms with Gasteiger partial charge in [-0.15, -0.1) is 0 Å². The third-order valence-corrected chi connectivity index (χ3v) is 5.96. The van der Waals surface area contributed by atoms with E-state index in [1.807, 2.05) is 20.8 Å². The standard InChI is InChI=1S/C15H14F2N2O2.C6H13NOS.C2H6/c1-8-3-4-11(10(17)5-8)19-12-6-9(16)7-13(21-2)14(12)15(18)20;1-2-9(8)7-5-3-4-6-7;1-2/h3-7,19H,1-2H3,(H2,18,20);2-6H2,1H3;1-2H3. The number of rotatable bonds is 6. The van der Waals surface area contributed by atoms with Gasteiger partial charge in [-0.1, -0.05) is 26.8 Å². The van der Waals surface area contributed by atoms with E-state index in [1.165, 1.54) is 32.1 Å². The largest absolute Gasteiger partial charge is 0.496 e. The third-order valence-electron chi connectivity index (χ3n) is 4.53. The topological polar surface area (TPSA) is 84.7 Å². The molecule has 1 amide bonds. The molecule has 0 bridgehead atoms. The molecule has 9 heteroatoms. The highest BCUT2D eigenvalue weighted by atomic mass is 32.2. The lowest BCUT2D eigenvalue weighted by Crippen LogP contribution is -2.23. The quantitative estimate of drug-likeness (QED) is 0.629. The first-order chi connectivity index (χ1) is 15.3. The summed E-state index contributed by atoms with van der Waals surface area (Å²) >= 11 is 0. The van der Waals surface area contributed by atoms with Gasteiger partial charge in [0.25, 0.3) is 5.91 Å². The van der Waals surface area contributed by atoms with Gasteiger partial charge in [0.2, 0.25) is 0 Å². The molecule has 1 atom stereocenters. The lowest BCUT2D eigenvalue weighted by Gasteiger charge is -2.14. The van der Waals surface area contributed by atoms with Crippen molar-refractivity contribution >= 4 is 28.3 Å². The van der Waals surface area contributed by atoms with E-state index in [2.05, 4.69) is 9.62 Å². The summed E-state index contributed by atoms with van der Waals surface area (Å²) in [5.41, 5.74) is 6.13. The van der Waals surface area contributed by atoms with E-state index < -0.39 is 28.5 Å². The first-order valence-corrected chi connectivity index (χ1v) is 11.9. The minimum absolute atomic E-state index is 0.0162. The Morgan fingerprint density at radius 2 is 1.78 bits per heavy atom. The molecule has 1 fully saturated rings. The van der Waals surface area contributed by atoms with Gasteiger partial charge >= 0.3 is 0 Å². The van der Waals surface area contributed by atoms with Crippen LogP contribution in [0.4, 0.5) is 20.2 Å². The minimum Gasteiger partial charge on any atom is -0.496 e. The molecule has 1 saturated heterocycles. The number of hydrogen-bond acceptors (Lipinski definition) is 4. The van der Waals surface area contributed by atoms with E-state index in [-0.39, 0.29) is 22.7 Å². The number of primary amides is 1. The number of carbonyl (C=O) groups excluding carboxylic acids is 1. The molecule has 3 rings (SSSR count). The van der Waals surface area contributed by atoms with E-state index in [0.29, 0.717) is 0 Å². The van der Waals surface area contributed by atoms with Crippen LogP contribution in [0.5, 0.6) is 5.75 Å². The molecule has 0 aromatic heterocycles. The number of hydrogen-bond donors (Lipinski definition) is 2. The molecule has 3 N–H and O–H groups in total. The zero-order valence-corrected chi connectivity index (χ0v) is 20.2. The van der Waals surface area contributed by atoms with E-state index in [0.717, 1.165) is 36.5 Å². The second kappa shape index (κ2) is 13.8. The van der Waals surface area contributed by atoms with Crippen molar-refractivity contribution in [3.8, 4) is 5.75 Å². The van der Waals surface area contributed by atoms with Crippen LogP contribution in [-0.2, 0) is 11.0 Å². The minimum atomic E-state index is -0.804. The Hall–Kier alpha value is -2.52. The Kier molecular flexibility index (Phi) is 11.9. The molecule has 2 aromatic rings. The number of benzene rings is 2. The lowest BCUT2D eigenvalue weighted by molar-refractivity contribution is 0.0998. The van der Waals surface area contributed by atoms with Gasteiger partial charge in [0.1, 0.15) is 22.9 Å². The van der Waals surface area contributed by atoms with Crippen LogP contribution in [0.2, 0.25) is 0 Å². The van der Waals surface area contributed by atoms with Crippen LogP contribution in [0, 0.1) is 18.6 Å². The number of amides is 1. The molecule has 6 nitrogen and oxygen atoms in total. The average molecular weight is 470 g/mol. The maximum absolute atomic E-state index is 13.8. The number of aryl methyl sites for hydroxylation is 1. The fourth-order valence-corrected chi connectivity index (χ4v) is 4.07. The smallest absolute Gasteiger partial charge is 0.254 e. The van der Waals surface area contributed by atoms with Crippen molar-refractivity contribution in [1.29, 1.82) is 0 Å². The Labute approximate surface area is 191 Å². The molecule has 1 aliphatic heterocycles. The molecule has 2 aromatic carbocycles. The number of nitrogens with zero attached hydrogens (tertiary/aromatic N) is 1. The Morgan fingerprint density at radius 1 is 1.16 bits per heavy atom. The van der Waals surface area contributed by atoms with Gasteiger partial charge in [-0.25, -0.2) is 17.3 Å². The molecule has 32 heavy (non-hydrogen) atoms. The van der Waals surface area contributed by atoms with Crippen LogP contribution in [-0.4, -0.2) is 40.4 Å². The molecule has 178 valence electrons. The monoisotopic (exact) mass is 469 g/mol. The summed E-state index contributed by atoms with van der Waals surface area (Å²) in [6.45, 7) is 9.79. The Bertz CT molecular complexity index is 920. The van der Waals surface area contributed by atoms with Gasteiger partial charge < -0.3 is 15.8 Å². The fourth-order valence-electron chi connectivity index (χ4n) is 3.04. The lowest BCUT2D eigenvalue weighted by atomic mass is 10.1. The highest BCUT2D eigenvalue weighted by Gasteiger charge is 2.18. The van der Waals surface area contributed by atoms with Crippen LogP contribution in [0.15, 0.2) is 30.3 Å². The van der Waals surface area contributed by atoms with Gasteiger partial charge in [-0.2, -0.15) is 0 Å². The Morgan fingerprint density at radius 3 is 2.28 bits per heavy atom. The highest BCUT2D eigenvalue weighted by Crippen LogP contribution is 2.31. The zero-order valence-electron chi connectivity index (χ0n) is 19.3. The van der Waals surface area contributed by atoms with Gasteiger partial charge in [0, 0.05) is 24.9 Å². The van der Waals surface area contributed by atoms with E-state index in [1.54, 1.807) is 13.0 Å². The predicted molar refractivity (Wildman–Crippen MR) is 127 cm³/mol. The van der Waals surface area contributed by atoms with Crippen molar-refractivity contribution < 1.29 is 22.5 Å². The van der Waals surface area contributed by atoms with E-state index in [4.69, 9.17) is 10.5 Å². The molecule has 0 aliphatic carbocycles. The van der Waals surface area contributed by atoms with Crippen molar-refractivity contribution in [2.45, 2.75) is 40.5 Å². The molecular formula is C23H33F2N3O3S. The van der Waals surface area contributed by atoms with E-state index >= 15 is 0 Å². The number of anilines is 2. The van der Waals surface area contributed by atoms with Gasteiger partial charge in [-0.05, 0) is 43.5 Å². The number of carbonyl (C=O) groups is 1. The normalized spacial score (nSPS) is 13.8. The summed E-state index contributed by atoms with van der Waals surface area (Å²) in [7, 11) is 0.620. The molecule has 1 unspecified atom stereocenters. The number of ether oxygens (including phenoxy) is 1. The molecule has 1 aliphatic rings. The highest BCUT2D eigenvalue weighted by molar-refractivity contribution is 7.82. The van der Waals surface area contributed by atoms with Crippen molar-refractivity contribution in [3.63, 3.8) is 0 Å². The number of methoxy groups -OCH3 is 1. The summed E-state index contributed by atoms with van der Waals surface area (Å²) < 4.78 is 45.5. The van der Waals surface area contributed by atoms with Gasteiger partial charge in [-0.3, -0.25) is 4.79 Å².